The lowest BCUT2D eigenvalue weighted by Gasteiger charge is -2.24. The van der Waals surface area contributed by atoms with Crippen LogP contribution in [0.25, 0.3) is 5.82 Å². The van der Waals surface area contributed by atoms with Crippen molar-refractivity contribution in [3.63, 3.8) is 0 Å². The first-order valence-electron chi connectivity index (χ1n) is 6.58. The van der Waals surface area contributed by atoms with Crippen molar-refractivity contribution in [3.8, 4) is 5.82 Å². The minimum absolute atomic E-state index is 0.681. The van der Waals surface area contributed by atoms with Gasteiger partial charge in [-0.05, 0) is 25.6 Å². The molecule has 100 valence electrons. The second kappa shape index (κ2) is 4.62. The number of hydrogen-bond acceptors (Lipinski definition) is 5. The second-order valence-corrected chi connectivity index (χ2v) is 4.87. The lowest BCUT2D eigenvalue weighted by Crippen LogP contribution is -2.30. The molecular weight excluding hydrogens is 240 g/mol. The normalized spacial score (nSPS) is 15.5. The van der Waals surface area contributed by atoms with Crippen molar-refractivity contribution >= 4 is 5.82 Å². The maximum Gasteiger partial charge on any atom is 0.178 e. The van der Waals surface area contributed by atoms with Crippen molar-refractivity contribution in [2.75, 3.05) is 18.8 Å². The van der Waals surface area contributed by atoms with Gasteiger partial charge < -0.3 is 5.73 Å². The highest BCUT2D eigenvalue weighted by Gasteiger charge is 2.23. The van der Waals surface area contributed by atoms with E-state index in [1.165, 1.54) is 0 Å². The lowest BCUT2D eigenvalue weighted by molar-refractivity contribution is 0.267. The Morgan fingerprint density at radius 1 is 1.32 bits per heavy atom. The zero-order valence-electron chi connectivity index (χ0n) is 11.3. The quantitative estimate of drug-likeness (QED) is 0.867. The molecule has 2 aromatic rings. The van der Waals surface area contributed by atoms with Crippen LogP contribution in [0.5, 0.6) is 0 Å². The van der Waals surface area contributed by atoms with Gasteiger partial charge in [0.25, 0.3) is 0 Å². The number of aryl methyl sites for hydroxylation is 1. The predicted molar refractivity (Wildman–Crippen MR) is 73.0 cm³/mol. The minimum Gasteiger partial charge on any atom is -0.383 e. The van der Waals surface area contributed by atoms with Crippen molar-refractivity contribution in [1.82, 2.24) is 24.9 Å². The molecule has 0 radical (unpaired) electrons. The number of aromatic nitrogens is 4. The Balaban J connectivity index is 2.00. The fourth-order valence-electron chi connectivity index (χ4n) is 2.40. The van der Waals surface area contributed by atoms with E-state index in [-0.39, 0.29) is 0 Å². The molecule has 0 fully saturated rings. The van der Waals surface area contributed by atoms with Crippen LogP contribution in [0.3, 0.4) is 0 Å². The van der Waals surface area contributed by atoms with Gasteiger partial charge in [-0.15, -0.1) is 5.10 Å². The Morgan fingerprint density at radius 2 is 2.16 bits per heavy atom. The molecule has 0 bridgehead atoms. The van der Waals surface area contributed by atoms with Crippen molar-refractivity contribution in [1.29, 1.82) is 0 Å². The first kappa shape index (κ1) is 12.1. The molecule has 0 spiro atoms. The Hall–Kier alpha value is -1.95. The molecule has 0 amide bonds. The summed E-state index contributed by atoms with van der Waals surface area (Å²) in [6.45, 7) is 7.02. The number of likely N-dealkylation sites (N-methyl/N-ethyl adjacent to an activating group) is 1. The van der Waals surface area contributed by atoms with Gasteiger partial charge in [-0.25, -0.2) is 0 Å². The van der Waals surface area contributed by atoms with Crippen LogP contribution in [0.1, 0.15) is 23.9 Å². The number of fused-ring (bicyclic) bond motifs is 1. The van der Waals surface area contributed by atoms with Crippen molar-refractivity contribution < 1.29 is 0 Å². The highest BCUT2D eigenvalue weighted by Crippen LogP contribution is 2.25. The second-order valence-electron chi connectivity index (χ2n) is 4.87. The number of hydrogen-bond donors (Lipinski definition) is 1. The van der Waals surface area contributed by atoms with Crippen LogP contribution in [-0.4, -0.2) is 38.0 Å². The maximum absolute atomic E-state index is 6.22. The topological polar surface area (TPSA) is 72.9 Å². The first-order valence-corrected chi connectivity index (χ1v) is 6.58. The summed E-state index contributed by atoms with van der Waals surface area (Å²) in [4.78, 5) is 2.37. The molecule has 0 aliphatic carbocycles. The predicted octanol–water partition coefficient (Wildman–Crippen LogP) is 0.931. The van der Waals surface area contributed by atoms with Crippen LogP contribution in [-0.2, 0) is 13.0 Å². The Kier molecular flexibility index (Phi) is 2.94. The van der Waals surface area contributed by atoms with Gasteiger partial charge in [0.15, 0.2) is 5.82 Å². The van der Waals surface area contributed by atoms with Crippen LogP contribution >= 0.6 is 0 Å². The number of nitrogens with zero attached hydrogens (tertiary/aromatic N) is 5. The van der Waals surface area contributed by atoms with E-state index in [9.17, 15) is 0 Å². The lowest BCUT2D eigenvalue weighted by atomic mass is 10.1. The van der Waals surface area contributed by atoms with Gasteiger partial charge in [-0.1, -0.05) is 6.92 Å². The molecule has 2 N–H and O–H groups in total. The largest absolute Gasteiger partial charge is 0.383 e. The van der Waals surface area contributed by atoms with Crippen LogP contribution in [0.15, 0.2) is 12.1 Å². The van der Waals surface area contributed by atoms with Crippen molar-refractivity contribution in [3.05, 3.63) is 29.1 Å². The van der Waals surface area contributed by atoms with E-state index in [0.29, 0.717) is 11.6 Å². The number of nitrogens with two attached hydrogens (primary N) is 1. The Labute approximate surface area is 112 Å². The molecule has 1 aliphatic rings. The van der Waals surface area contributed by atoms with E-state index < -0.39 is 0 Å². The third kappa shape index (κ3) is 2.08. The average molecular weight is 258 g/mol. The van der Waals surface area contributed by atoms with E-state index in [2.05, 4.69) is 27.1 Å². The van der Waals surface area contributed by atoms with Crippen LogP contribution in [0, 0.1) is 6.92 Å². The summed E-state index contributed by atoms with van der Waals surface area (Å²) in [5.41, 5.74) is 9.32. The van der Waals surface area contributed by atoms with Gasteiger partial charge in [0, 0.05) is 25.1 Å². The van der Waals surface area contributed by atoms with Crippen LogP contribution in [0.4, 0.5) is 5.82 Å². The summed E-state index contributed by atoms with van der Waals surface area (Å²) in [5, 5.41) is 12.8. The van der Waals surface area contributed by atoms with Gasteiger partial charge in [0.1, 0.15) is 5.82 Å². The highest BCUT2D eigenvalue weighted by molar-refractivity contribution is 5.49. The zero-order valence-corrected chi connectivity index (χ0v) is 11.3. The van der Waals surface area contributed by atoms with E-state index in [0.717, 1.165) is 43.0 Å². The van der Waals surface area contributed by atoms with Crippen LogP contribution < -0.4 is 5.73 Å². The van der Waals surface area contributed by atoms with Gasteiger partial charge in [-0.2, -0.15) is 14.9 Å². The van der Waals surface area contributed by atoms with Gasteiger partial charge in [-0.3, -0.25) is 4.90 Å². The van der Waals surface area contributed by atoms with E-state index in [1.807, 2.05) is 19.1 Å². The molecule has 3 heterocycles. The maximum atomic E-state index is 6.22. The molecule has 0 unspecified atom stereocenters. The first-order chi connectivity index (χ1) is 9.19. The third-order valence-electron chi connectivity index (χ3n) is 3.60. The summed E-state index contributed by atoms with van der Waals surface area (Å²) < 4.78 is 1.70. The molecule has 2 aromatic heterocycles. The highest BCUT2D eigenvalue weighted by atomic mass is 15.4. The fourth-order valence-corrected chi connectivity index (χ4v) is 2.40. The molecule has 19 heavy (non-hydrogen) atoms. The Morgan fingerprint density at radius 3 is 2.84 bits per heavy atom. The standard InChI is InChI=1S/C13H18N6/c1-3-18-7-6-11-10(8-18)13(14)19(17-11)12-5-4-9(2)15-16-12/h4-5H,3,6-8,14H2,1-2H3. The summed E-state index contributed by atoms with van der Waals surface area (Å²) in [7, 11) is 0. The van der Waals surface area contributed by atoms with Crippen molar-refractivity contribution in [2.45, 2.75) is 26.8 Å². The molecular formula is C13H18N6. The monoisotopic (exact) mass is 258 g/mol. The minimum atomic E-state index is 0.681. The molecule has 6 nitrogen and oxygen atoms in total. The summed E-state index contributed by atoms with van der Waals surface area (Å²) in [5.74, 6) is 1.37. The number of nitrogen functional groups attached to an aromatic ring is 1. The molecule has 0 aromatic carbocycles. The van der Waals surface area contributed by atoms with Crippen LogP contribution in [0.2, 0.25) is 0 Å². The van der Waals surface area contributed by atoms with E-state index >= 15 is 0 Å². The Bertz CT molecular complexity index is 586. The zero-order chi connectivity index (χ0) is 13.4. The summed E-state index contributed by atoms with van der Waals surface area (Å²) in [6, 6.07) is 3.82. The smallest absolute Gasteiger partial charge is 0.178 e. The number of anilines is 1. The molecule has 1 aliphatic heterocycles. The molecule has 0 saturated carbocycles. The molecule has 0 saturated heterocycles. The molecule has 0 atom stereocenters. The van der Waals surface area contributed by atoms with E-state index in [1.54, 1.807) is 4.68 Å². The van der Waals surface area contributed by atoms with E-state index in [4.69, 9.17) is 5.73 Å². The van der Waals surface area contributed by atoms with Gasteiger partial charge in [0.05, 0.1) is 11.4 Å². The average Bonchev–Trinajstić information content (AvgIpc) is 2.76. The SMILES string of the molecule is CCN1CCc2nn(-c3ccc(C)nn3)c(N)c2C1. The van der Waals surface area contributed by atoms with Gasteiger partial charge in [0.2, 0.25) is 0 Å². The number of rotatable bonds is 2. The summed E-state index contributed by atoms with van der Waals surface area (Å²) in [6.07, 6.45) is 0.944. The summed E-state index contributed by atoms with van der Waals surface area (Å²) >= 11 is 0. The van der Waals surface area contributed by atoms with Gasteiger partial charge >= 0.3 is 0 Å². The molecule has 3 rings (SSSR count). The molecule has 6 heteroatoms. The fraction of sp³-hybridized carbons (Fsp3) is 0.462. The van der Waals surface area contributed by atoms with Crippen molar-refractivity contribution in [2.24, 2.45) is 0 Å². The third-order valence-corrected chi connectivity index (χ3v) is 3.60.